The van der Waals surface area contributed by atoms with Crippen molar-refractivity contribution in [3.05, 3.63) is 29.3 Å². The lowest BCUT2D eigenvalue weighted by Gasteiger charge is -2.36. The molecule has 0 saturated carbocycles. The maximum absolute atomic E-state index is 11.8. The number of carbonyl (C=O) groups excluding carboxylic acids is 1. The largest absolute Gasteiger partial charge is 0.469 e. The summed E-state index contributed by atoms with van der Waals surface area (Å²) in [6.45, 7) is 7.73. The highest BCUT2D eigenvalue weighted by molar-refractivity contribution is 5.77. The average Bonchev–Trinajstić information content (AvgIpc) is 2.37. The maximum atomic E-state index is 11.8. The standard InChI is InChI=1S/C16H23NO2/c1-12-7-8-14-13(10-12)6-5-9-17(14)11-16(2,3)15(18)19-4/h7-8,10H,5-6,9,11H2,1-4H3. The highest BCUT2D eigenvalue weighted by atomic mass is 16.5. The second-order valence-electron chi connectivity index (χ2n) is 6.03. The topological polar surface area (TPSA) is 29.5 Å². The Kier molecular flexibility index (Phi) is 3.83. The number of ether oxygens (including phenoxy) is 1. The zero-order chi connectivity index (χ0) is 14.0. The van der Waals surface area contributed by atoms with E-state index in [1.807, 2.05) is 13.8 Å². The van der Waals surface area contributed by atoms with Gasteiger partial charge in [-0.05, 0) is 45.2 Å². The third-order valence-corrected chi connectivity index (χ3v) is 3.77. The number of nitrogens with zero attached hydrogens (tertiary/aromatic N) is 1. The monoisotopic (exact) mass is 261 g/mol. The summed E-state index contributed by atoms with van der Waals surface area (Å²) in [5.41, 5.74) is 3.49. The molecule has 0 bridgehead atoms. The number of aryl methyl sites for hydroxylation is 2. The van der Waals surface area contributed by atoms with Gasteiger partial charge in [0, 0.05) is 18.8 Å². The van der Waals surface area contributed by atoms with Crippen molar-refractivity contribution in [1.29, 1.82) is 0 Å². The van der Waals surface area contributed by atoms with Crippen molar-refractivity contribution in [2.24, 2.45) is 5.41 Å². The Morgan fingerprint density at radius 3 is 2.84 bits per heavy atom. The molecule has 0 N–H and O–H groups in total. The van der Waals surface area contributed by atoms with Crippen LogP contribution < -0.4 is 4.90 Å². The van der Waals surface area contributed by atoms with Crippen LogP contribution in [0.3, 0.4) is 0 Å². The van der Waals surface area contributed by atoms with Gasteiger partial charge in [-0.3, -0.25) is 4.79 Å². The van der Waals surface area contributed by atoms with E-state index in [2.05, 4.69) is 30.0 Å². The Hall–Kier alpha value is -1.51. The van der Waals surface area contributed by atoms with Crippen LogP contribution in [-0.2, 0) is 16.0 Å². The first kappa shape index (κ1) is 13.9. The van der Waals surface area contributed by atoms with E-state index in [0.29, 0.717) is 6.54 Å². The van der Waals surface area contributed by atoms with Crippen LogP contribution in [0.25, 0.3) is 0 Å². The van der Waals surface area contributed by atoms with E-state index in [9.17, 15) is 4.79 Å². The van der Waals surface area contributed by atoms with Gasteiger partial charge in [0.15, 0.2) is 0 Å². The minimum Gasteiger partial charge on any atom is -0.469 e. The van der Waals surface area contributed by atoms with Crippen molar-refractivity contribution >= 4 is 11.7 Å². The van der Waals surface area contributed by atoms with Crippen molar-refractivity contribution in [2.75, 3.05) is 25.1 Å². The molecule has 3 nitrogen and oxygen atoms in total. The Balaban J connectivity index is 2.22. The highest BCUT2D eigenvalue weighted by Crippen LogP contribution is 2.31. The quantitative estimate of drug-likeness (QED) is 0.783. The molecule has 0 aliphatic carbocycles. The molecule has 3 heteroatoms. The Labute approximate surface area is 115 Å². The minimum absolute atomic E-state index is 0.147. The fraction of sp³-hybridized carbons (Fsp3) is 0.562. The lowest BCUT2D eigenvalue weighted by Crippen LogP contribution is -2.42. The number of fused-ring (bicyclic) bond motifs is 1. The summed E-state index contributed by atoms with van der Waals surface area (Å²) in [7, 11) is 1.46. The summed E-state index contributed by atoms with van der Waals surface area (Å²) in [4.78, 5) is 14.1. The Morgan fingerprint density at radius 1 is 1.42 bits per heavy atom. The van der Waals surface area contributed by atoms with Gasteiger partial charge >= 0.3 is 5.97 Å². The van der Waals surface area contributed by atoms with Gasteiger partial charge in [-0.2, -0.15) is 0 Å². The number of anilines is 1. The van der Waals surface area contributed by atoms with Gasteiger partial charge in [0.25, 0.3) is 0 Å². The fourth-order valence-corrected chi connectivity index (χ4v) is 2.79. The van der Waals surface area contributed by atoms with Gasteiger partial charge < -0.3 is 9.64 Å². The van der Waals surface area contributed by atoms with Crippen molar-refractivity contribution in [2.45, 2.75) is 33.6 Å². The number of rotatable bonds is 3. The van der Waals surface area contributed by atoms with Crippen molar-refractivity contribution in [3.8, 4) is 0 Å². The van der Waals surface area contributed by atoms with Crippen LogP contribution >= 0.6 is 0 Å². The van der Waals surface area contributed by atoms with Crippen molar-refractivity contribution in [3.63, 3.8) is 0 Å². The van der Waals surface area contributed by atoms with Crippen LogP contribution in [0.5, 0.6) is 0 Å². The molecular formula is C16H23NO2. The molecule has 0 radical (unpaired) electrons. The third-order valence-electron chi connectivity index (χ3n) is 3.77. The minimum atomic E-state index is -0.478. The van der Waals surface area contributed by atoms with E-state index < -0.39 is 5.41 Å². The lowest BCUT2D eigenvalue weighted by atomic mass is 9.90. The van der Waals surface area contributed by atoms with Crippen molar-refractivity contribution < 1.29 is 9.53 Å². The van der Waals surface area contributed by atoms with E-state index in [4.69, 9.17) is 4.74 Å². The van der Waals surface area contributed by atoms with Crippen LogP contribution in [0.1, 0.15) is 31.4 Å². The molecule has 0 unspecified atom stereocenters. The number of methoxy groups -OCH3 is 1. The molecule has 0 fully saturated rings. The first-order valence-corrected chi connectivity index (χ1v) is 6.87. The van der Waals surface area contributed by atoms with Crippen LogP contribution in [0.15, 0.2) is 18.2 Å². The predicted octanol–water partition coefficient (Wildman–Crippen LogP) is 2.95. The highest BCUT2D eigenvalue weighted by Gasteiger charge is 2.32. The molecule has 0 amide bonds. The molecule has 2 rings (SSSR count). The molecule has 0 spiro atoms. The summed E-state index contributed by atoms with van der Waals surface area (Å²) in [6.07, 6.45) is 2.28. The van der Waals surface area contributed by atoms with Gasteiger partial charge in [-0.15, -0.1) is 0 Å². The Morgan fingerprint density at radius 2 is 2.16 bits per heavy atom. The summed E-state index contributed by atoms with van der Waals surface area (Å²) in [6, 6.07) is 6.58. The number of hydrogen-bond acceptors (Lipinski definition) is 3. The second-order valence-corrected chi connectivity index (χ2v) is 6.03. The normalized spacial score (nSPS) is 15.1. The van der Waals surface area contributed by atoms with Gasteiger partial charge in [0.1, 0.15) is 0 Å². The van der Waals surface area contributed by atoms with Crippen LogP contribution in [-0.4, -0.2) is 26.2 Å². The predicted molar refractivity (Wildman–Crippen MR) is 77.5 cm³/mol. The number of carbonyl (C=O) groups is 1. The molecule has 104 valence electrons. The van der Waals surface area contributed by atoms with Gasteiger partial charge in [-0.25, -0.2) is 0 Å². The van der Waals surface area contributed by atoms with Gasteiger partial charge in [-0.1, -0.05) is 17.7 Å². The number of benzene rings is 1. The number of hydrogen-bond donors (Lipinski definition) is 0. The Bertz CT molecular complexity index is 480. The van der Waals surface area contributed by atoms with Gasteiger partial charge in [0.05, 0.1) is 12.5 Å². The molecule has 1 aromatic carbocycles. The second kappa shape index (κ2) is 5.24. The van der Waals surface area contributed by atoms with E-state index in [1.54, 1.807) is 0 Å². The molecule has 19 heavy (non-hydrogen) atoms. The molecule has 1 aromatic rings. The van der Waals surface area contributed by atoms with Crippen LogP contribution in [0.4, 0.5) is 5.69 Å². The van der Waals surface area contributed by atoms with E-state index in [-0.39, 0.29) is 5.97 Å². The van der Waals surface area contributed by atoms with E-state index in [1.165, 1.54) is 23.9 Å². The molecular weight excluding hydrogens is 238 g/mol. The zero-order valence-corrected chi connectivity index (χ0v) is 12.3. The molecule has 1 heterocycles. The van der Waals surface area contributed by atoms with Crippen molar-refractivity contribution in [1.82, 2.24) is 0 Å². The SMILES string of the molecule is COC(=O)C(C)(C)CN1CCCc2cc(C)ccc21. The zero-order valence-electron chi connectivity index (χ0n) is 12.3. The first-order chi connectivity index (χ1) is 8.94. The smallest absolute Gasteiger partial charge is 0.313 e. The summed E-state index contributed by atoms with van der Waals surface area (Å²) < 4.78 is 4.90. The summed E-state index contributed by atoms with van der Waals surface area (Å²) >= 11 is 0. The summed E-state index contributed by atoms with van der Waals surface area (Å²) in [5.74, 6) is -0.147. The fourth-order valence-electron chi connectivity index (χ4n) is 2.79. The van der Waals surface area contributed by atoms with E-state index >= 15 is 0 Å². The molecule has 1 aliphatic heterocycles. The van der Waals surface area contributed by atoms with Crippen LogP contribution in [0.2, 0.25) is 0 Å². The molecule has 1 aliphatic rings. The first-order valence-electron chi connectivity index (χ1n) is 6.87. The lowest BCUT2D eigenvalue weighted by molar-refractivity contribution is -0.150. The molecule has 0 saturated heterocycles. The molecule has 0 atom stereocenters. The van der Waals surface area contributed by atoms with Gasteiger partial charge in [0.2, 0.25) is 0 Å². The average molecular weight is 261 g/mol. The van der Waals surface area contributed by atoms with E-state index in [0.717, 1.165) is 19.4 Å². The maximum Gasteiger partial charge on any atom is 0.313 e. The molecule has 0 aromatic heterocycles. The number of esters is 1. The summed E-state index contributed by atoms with van der Waals surface area (Å²) in [5, 5.41) is 0. The third kappa shape index (κ3) is 2.91. The van der Waals surface area contributed by atoms with Crippen LogP contribution in [0, 0.1) is 12.3 Å².